The Morgan fingerprint density at radius 2 is 1.89 bits per heavy atom. The summed E-state index contributed by atoms with van der Waals surface area (Å²) in [5.41, 5.74) is 1.90. The van der Waals surface area contributed by atoms with Crippen LogP contribution in [0.15, 0.2) is 35.1 Å². The molecule has 150 valence electrons. The van der Waals surface area contributed by atoms with Gasteiger partial charge in [-0.25, -0.2) is 4.98 Å². The molecule has 0 saturated heterocycles. The highest BCUT2D eigenvalue weighted by atomic mass is 32.1. The van der Waals surface area contributed by atoms with Crippen LogP contribution in [-0.4, -0.2) is 52.6 Å². The molecule has 7 heteroatoms. The molecule has 0 radical (unpaired) electrons. The number of aryl methyl sites for hydroxylation is 2. The number of nitrogens with zero attached hydrogens (tertiary/aromatic N) is 4. The summed E-state index contributed by atoms with van der Waals surface area (Å²) in [5, 5.41) is 4.14. The zero-order valence-electron chi connectivity index (χ0n) is 16.9. The highest BCUT2D eigenvalue weighted by molar-refractivity contribution is 7.12. The number of hydrogen-bond donors (Lipinski definition) is 1. The molecule has 0 spiro atoms. The molecule has 2 aromatic heterocycles. The third-order valence-electron chi connectivity index (χ3n) is 4.74. The number of nitrogens with one attached hydrogen (secondary N) is 1. The van der Waals surface area contributed by atoms with Crippen LogP contribution in [0.3, 0.4) is 0 Å². The van der Waals surface area contributed by atoms with Crippen LogP contribution in [0.1, 0.15) is 29.9 Å². The van der Waals surface area contributed by atoms with Crippen LogP contribution in [0.25, 0.3) is 10.2 Å². The van der Waals surface area contributed by atoms with E-state index in [2.05, 4.69) is 28.7 Å². The first kappa shape index (κ1) is 20.6. The summed E-state index contributed by atoms with van der Waals surface area (Å²) in [6, 6.07) is 10.1. The molecular formula is C21H29N5OS. The topological polar surface area (TPSA) is 63.1 Å². The van der Waals surface area contributed by atoms with Gasteiger partial charge < -0.3 is 10.2 Å². The van der Waals surface area contributed by atoms with E-state index in [9.17, 15) is 4.79 Å². The quantitative estimate of drug-likeness (QED) is 0.531. The van der Waals surface area contributed by atoms with Gasteiger partial charge in [0.15, 0.2) is 4.83 Å². The van der Waals surface area contributed by atoms with Crippen molar-refractivity contribution in [2.24, 2.45) is 0 Å². The summed E-state index contributed by atoms with van der Waals surface area (Å²) in [4.78, 5) is 20.9. The van der Waals surface area contributed by atoms with Gasteiger partial charge in [0.2, 0.25) is 0 Å². The Balaban J connectivity index is 1.73. The van der Waals surface area contributed by atoms with Gasteiger partial charge in [-0.3, -0.25) is 9.36 Å². The molecule has 0 aliphatic rings. The molecule has 0 unspecified atom stereocenters. The van der Waals surface area contributed by atoms with Crippen molar-refractivity contribution in [2.75, 3.05) is 33.7 Å². The molecule has 0 aliphatic carbocycles. The van der Waals surface area contributed by atoms with Gasteiger partial charge in [0, 0.05) is 6.42 Å². The van der Waals surface area contributed by atoms with Crippen molar-refractivity contribution < 1.29 is 0 Å². The van der Waals surface area contributed by atoms with Crippen molar-refractivity contribution in [1.82, 2.24) is 24.1 Å². The molecule has 0 fully saturated rings. The fourth-order valence-corrected chi connectivity index (χ4v) is 4.03. The molecule has 0 saturated carbocycles. The highest BCUT2D eigenvalue weighted by Crippen LogP contribution is 2.18. The Morgan fingerprint density at radius 1 is 1.14 bits per heavy atom. The van der Waals surface area contributed by atoms with Crippen LogP contribution in [0.5, 0.6) is 0 Å². The van der Waals surface area contributed by atoms with Gasteiger partial charge in [0.05, 0.1) is 17.6 Å². The van der Waals surface area contributed by atoms with Crippen LogP contribution in [0.4, 0.5) is 0 Å². The summed E-state index contributed by atoms with van der Waals surface area (Å²) in [6.45, 7) is 5.45. The van der Waals surface area contributed by atoms with Crippen molar-refractivity contribution in [3.63, 3.8) is 0 Å². The minimum atomic E-state index is 0.0223. The predicted octanol–water partition coefficient (Wildman–Crippen LogP) is 2.68. The summed E-state index contributed by atoms with van der Waals surface area (Å²) in [6.07, 6.45) is 2.86. The van der Waals surface area contributed by atoms with E-state index in [1.807, 2.05) is 41.8 Å². The van der Waals surface area contributed by atoms with Crippen LogP contribution in [-0.2, 0) is 13.0 Å². The second kappa shape index (κ2) is 9.91. The zero-order chi connectivity index (χ0) is 19.9. The minimum Gasteiger partial charge on any atom is -0.317 e. The van der Waals surface area contributed by atoms with Crippen molar-refractivity contribution in [3.05, 3.63) is 57.8 Å². The number of aromatic nitrogens is 3. The number of rotatable bonds is 10. The van der Waals surface area contributed by atoms with Crippen molar-refractivity contribution >= 4 is 21.7 Å². The lowest BCUT2D eigenvalue weighted by Crippen LogP contribution is -2.27. The fourth-order valence-electron chi connectivity index (χ4n) is 3.25. The van der Waals surface area contributed by atoms with E-state index >= 15 is 0 Å². The van der Waals surface area contributed by atoms with E-state index < -0.39 is 0 Å². The van der Waals surface area contributed by atoms with E-state index in [0.29, 0.717) is 11.9 Å². The normalized spacial score (nSPS) is 11.6. The lowest BCUT2D eigenvalue weighted by molar-refractivity contribution is 0.394. The summed E-state index contributed by atoms with van der Waals surface area (Å²) in [7, 11) is 4.18. The molecule has 0 atom stereocenters. The Labute approximate surface area is 170 Å². The molecule has 1 aromatic carbocycles. The van der Waals surface area contributed by atoms with Gasteiger partial charge in [0.1, 0.15) is 5.82 Å². The lowest BCUT2D eigenvalue weighted by Gasteiger charge is -2.13. The minimum absolute atomic E-state index is 0.0223. The molecule has 0 aliphatic heterocycles. The van der Waals surface area contributed by atoms with Crippen LogP contribution < -0.4 is 10.9 Å². The summed E-state index contributed by atoms with van der Waals surface area (Å²) >= 11 is 1.32. The first-order valence-electron chi connectivity index (χ1n) is 9.81. The van der Waals surface area contributed by atoms with Crippen molar-refractivity contribution in [2.45, 2.75) is 32.7 Å². The number of hydrogen-bond acceptors (Lipinski definition) is 6. The maximum absolute atomic E-state index is 13.1. The second-order valence-corrected chi connectivity index (χ2v) is 8.12. The van der Waals surface area contributed by atoms with Crippen LogP contribution in [0.2, 0.25) is 0 Å². The highest BCUT2D eigenvalue weighted by Gasteiger charge is 2.15. The number of fused-ring (bicyclic) bond motifs is 1. The Bertz CT molecular complexity index is 949. The summed E-state index contributed by atoms with van der Waals surface area (Å²) in [5.74, 6) is 0.847. The molecule has 6 nitrogen and oxygen atoms in total. The average Bonchev–Trinajstić information content (AvgIpc) is 3.05. The van der Waals surface area contributed by atoms with Crippen LogP contribution >= 0.6 is 11.5 Å². The molecule has 0 amide bonds. The molecule has 0 bridgehead atoms. The van der Waals surface area contributed by atoms with Gasteiger partial charge in [0.25, 0.3) is 5.56 Å². The first-order chi connectivity index (χ1) is 13.6. The Hall–Kier alpha value is -2.09. The third kappa shape index (κ3) is 5.25. The molecule has 1 N–H and O–H groups in total. The smallest absolute Gasteiger partial charge is 0.264 e. The average molecular weight is 400 g/mol. The Kier molecular flexibility index (Phi) is 7.30. The van der Waals surface area contributed by atoms with Crippen LogP contribution in [0, 0.1) is 6.92 Å². The van der Waals surface area contributed by atoms with E-state index in [4.69, 9.17) is 4.98 Å². The van der Waals surface area contributed by atoms with Gasteiger partial charge in [-0.2, -0.15) is 4.37 Å². The first-order valence-corrected chi connectivity index (χ1v) is 10.6. The third-order valence-corrected chi connectivity index (χ3v) is 5.58. The maximum Gasteiger partial charge on any atom is 0.264 e. The molecular weight excluding hydrogens is 370 g/mol. The molecule has 28 heavy (non-hydrogen) atoms. The van der Waals surface area contributed by atoms with Gasteiger partial charge in [-0.1, -0.05) is 30.3 Å². The van der Waals surface area contributed by atoms with Crippen molar-refractivity contribution in [3.8, 4) is 0 Å². The van der Waals surface area contributed by atoms with Gasteiger partial charge in [-0.15, -0.1) is 0 Å². The zero-order valence-corrected chi connectivity index (χ0v) is 17.8. The van der Waals surface area contributed by atoms with E-state index in [1.165, 1.54) is 11.5 Å². The van der Waals surface area contributed by atoms with E-state index in [0.717, 1.165) is 60.8 Å². The number of benzene rings is 1. The molecule has 3 aromatic rings. The van der Waals surface area contributed by atoms with E-state index in [-0.39, 0.29) is 5.56 Å². The SMILES string of the molecule is Cc1nsc2nc(CCCNCCCN(C)C)n(Cc3ccccc3)c(=O)c12. The summed E-state index contributed by atoms with van der Waals surface area (Å²) < 4.78 is 6.16. The largest absolute Gasteiger partial charge is 0.317 e. The predicted molar refractivity (Wildman–Crippen MR) is 116 cm³/mol. The second-order valence-electron chi connectivity index (χ2n) is 7.36. The van der Waals surface area contributed by atoms with Crippen molar-refractivity contribution in [1.29, 1.82) is 0 Å². The molecule has 2 heterocycles. The van der Waals surface area contributed by atoms with Gasteiger partial charge in [-0.05, 0) is 70.6 Å². The Morgan fingerprint density at radius 3 is 2.64 bits per heavy atom. The standard InChI is InChI=1S/C21H29N5OS/c1-16-19-20(28-24-16)23-18(11-7-12-22-13-8-14-25(2)3)26(21(19)27)15-17-9-5-4-6-10-17/h4-6,9-10,22H,7-8,11-15H2,1-3H3. The molecule has 3 rings (SSSR count). The monoisotopic (exact) mass is 399 g/mol. The van der Waals surface area contributed by atoms with Gasteiger partial charge >= 0.3 is 0 Å². The maximum atomic E-state index is 13.1. The fraction of sp³-hybridized carbons (Fsp3) is 0.476. The lowest BCUT2D eigenvalue weighted by atomic mass is 10.2. The van der Waals surface area contributed by atoms with E-state index in [1.54, 1.807) is 0 Å².